The van der Waals surface area contributed by atoms with E-state index in [4.69, 9.17) is 9.47 Å². The fraction of sp³-hybridized carbons (Fsp3) is 0.391. The zero-order valence-corrected chi connectivity index (χ0v) is 17.4. The molecule has 8 nitrogen and oxygen atoms in total. The van der Waals surface area contributed by atoms with Gasteiger partial charge < -0.3 is 14.4 Å². The molecule has 1 aromatic heterocycles. The van der Waals surface area contributed by atoms with E-state index in [0.717, 1.165) is 50.2 Å². The van der Waals surface area contributed by atoms with E-state index < -0.39 is 0 Å². The van der Waals surface area contributed by atoms with E-state index in [0.29, 0.717) is 30.5 Å². The molecular formula is C23H27N5O3. The van der Waals surface area contributed by atoms with Gasteiger partial charge in [-0.1, -0.05) is 30.3 Å². The monoisotopic (exact) mass is 421 g/mol. The predicted molar refractivity (Wildman–Crippen MR) is 116 cm³/mol. The van der Waals surface area contributed by atoms with Crippen molar-refractivity contribution in [3.63, 3.8) is 0 Å². The second-order valence-electron chi connectivity index (χ2n) is 7.68. The molecule has 162 valence electrons. The van der Waals surface area contributed by atoms with E-state index in [9.17, 15) is 4.79 Å². The van der Waals surface area contributed by atoms with Gasteiger partial charge in [0.25, 0.3) is 0 Å². The lowest BCUT2D eigenvalue weighted by molar-refractivity contribution is 0.0370. The van der Waals surface area contributed by atoms with Crippen molar-refractivity contribution in [2.45, 2.75) is 19.3 Å². The number of tetrazole rings is 1. The van der Waals surface area contributed by atoms with Gasteiger partial charge in [0.1, 0.15) is 5.75 Å². The molecule has 1 N–H and O–H groups in total. The van der Waals surface area contributed by atoms with Crippen molar-refractivity contribution in [2.24, 2.45) is 5.92 Å². The number of ether oxygens (including phenoxy) is 2. The Labute approximate surface area is 181 Å². The molecule has 8 heteroatoms. The van der Waals surface area contributed by atoms with Crippen molar-refractivity contribution in [1.82, 2.24) is 25.5 Å². The van der Waals surface area contributed by atoms with Crippen LogP contribution in [-0.2, 0) is 4.74 Å². The summed E-state index contributed by atoms with van der Waals surface area (Å²) in [7, 11) is 0. The van der Waals surface area contributed by atoms with Crippen molar-refractivity contribution >= 4 is 5.97 Å². The van der Waals surface area contributed by atoms with Crippen LogP contribution in [-0.4, -0.2) is 64.3 Å². The molecule has 0 radical (unpaired) electrons. The molecule has 1 aliphatic heterocycles. The average Bonchev–Trinajstić information content (AvgIpc) is 3.37. The molecule has 1 saturated heterocycles. The summed E-state index contributed by atoms with van der Waals surface area (Å²) < 4.78 is 11.5. The van der Waals surface area contributed by atoms with Crippen LogP contribution in [0, 0.1) is 5.92 Å². The lowest BCUT2D eigenvalue weighted by Crippen LogP contribution is -2.36. The first-order chi connectivity index (χ1) is 15.3. The molecule has 1 fully saturated rings. The highest BCUT2D eigenvalue weighted by Gasteiger charge is 2.20. The molecule has 0 bridgehead atoms. The van der Waals surface area contributed by atoms with Crippen molar-refractivity contribution in [2.75, 3.05) is 32.8 Å². The van der Waals surface area contributed by atoms with Gasteiger partial charge >= 0.3 is 5.97 Å². The standard InChI is InChI=1S/C23H27N5O3/c29-23(19-7-2-1-3-8-19)31-17-18-11-14-28(15-12-18)13-6-16-30-21-10-5-4-9-20(21)22-24-26-27-25-22/h1-5,7-10,18H,6,11-17H2,(H,24,25,26,27). The highest BCUT2D eigenvalue weighted by Crippen LogP contribution is 2.26. The fourth-order valence-electron chi connectivity index (χ4n) is 3.75. The Morgan fingerprint density at radius 3 is 2.61 bits per heavy atom. The number of nitrogens with one attached hydrogen (secondary N) is 1. The van der Waals surface area contributed by atoms with Gasteiger partial charge in [-0.3, -0.25) is 0 Å². The van der Waals surface area contributed by atoms with Crippen LogP contribution in [0.15, 0.2) is 54.6 Å². The highest BCUT2D eigenvalue weighted by atomic mass is 16.5. The highest BCUT2D eigenvalue weighted by molar-refractivity contribution is 5.89. The number of benzene rings is 2. The third-order valence-corrected chi connectivity index (χ3v) is 5.52. The van der Waals surface area contributed by atoms with Crippen molar-refractivity contribution in [3.05, 3.63) is 60.2 Å². The molecule has 0 atom stereocenters. The maximum Gasteiger partial charge on any atom is 0.338 e. The maximum absolute atomic E-state index is 12.1. The number of aromatic amines is 1. The van der Waals surface area contributed by atoms with Gasteiger partial charge in [0.15, 0.2) is 0 Å². The summed E-state index contributed by atoms with van der Waals surface area (Å²) in [5.41, 5.74) is 1.45. The lowest BCUT2D eigenvalue weighted by Gasteiger charge is -2.31. The molecule has 0 spiro atoms. The van der Waals surface area contributed by atoms with E-state index >= 15 is 0 Å². The summed E-state index contributed by atoms with van der Waals surface area (Å²) in [5.74, 6) is 1.50. The quantitative estimate of drug-likeness (QED) is 0.419. The van der Waals surface area contributed by atoms with Crippen LogP contribution in [0.1, 0.15) is 29.6 Å². The summed E-state index contributed by atoms with van der Waals surface area (Å²) in [6, 6.07) is 16.9. The van der Waals surface area contributed by atoms with Crippen molar-refractivity contribution in [1.29, 1.82) is 0 Å². The van der Waals surface area contributed by atoms with Gasteiger partial charge in [-0.25, -0.2) is 4.79 Å². The number of carbonyl (C=O) groups is 1. The van der Waals surface area contributed by atoms with Crippen molar-refractivity contribution in [3.8, 4) is 17.1 Å². The van der Waals surface area contributed by atoms with Gasteiger partial charge in [-0.15, -0.1) is 10.2 Å². The maximum atomic E-state index is 12.1. The first kappa shape index (κ1) is 21.0. The molecule has 31 heavy (non-hydrogen) atoms. The normalized spacial score (nSPS) is 15.0. The zero-order chi connectivity index (χ0) is 21.3. The Bertz CT molecular complexity index is 941. The Balaban J connectivity index is 1.14. The molecule has 0 amide bonds. The van der Waals surface area contributed by atoms with Crippen LogP contribution in [0.4, 0.5) is 0 Å². The first-order valence-corrected chi connectivity index (χ1v) is 10.7. The molecule has 0 unspecified atom stereocenters. The smallest absolute Gasteiger partial charge is 0.338 e. The van der Waals surface area contributed by atoms with Gasteiger partial charge in [0.2, 0.25) is 5.82 Å². The minimum Gasteiger partial charge on any atom is -0.493 e. The Morgan fingerprint density at radius 1 is 1.06 bits per heavy atom. The number of likely N-dealkylation sites (tertiary alicyclic amines) is 1. The minimum atomic E-state index is -0.235. The number of esters is 1. The average molecular weight is 422 g/mol. The number of H-pyrrole nitrogens is 1. The predicted octanol–water partition coefficient (Wildman–Crippen LogP) is 3.20. The van der Waals surface area contributed by atoms with Gasteiger partial charge in [0, 0.05) is 6.54 Å². The number of hydrogen-bond acceptors (Lipinski definition) is 7. The molecule has 2 heterocycles. The van der Waals surface area contributed by atoms with Gasteiger partial charge in [-0.2, -0.15) is 5.21 Å². The van der Waals surface area contributed by atoms with E-state index in [1.165, 1.54) is 0 Å². The fourth-order valence-corrected chi connectivity index (χ4v) is 3.75. The van der Waals surface area contributed by atoms with E-state index in [-0.39, 0.29) is 5.97 Å². The molecule has 3 aromatic rings. The van der Waals surface area contributed by atoms with Crippen LogP contribution in [0.25, 0.3) is 11.4 Å². The van der Waals surface area contributed by atoms with Crippen LogP contribution in [0.3, 0.4) is 0 Å². The van der Waals surface area contributed by atoms with Crippen LogP contribution in [0.2, 0.25) is 0 Å². The molecule has 4 rings (SSSR count). The molecule has 0 aliphatic carbocycles. The summed E-state index contributed by atoms with van der Waals surface area (Å²) in [6.07, 6.45) is 3.03. The summed E-state index contributed by atoms with van der Waals surface area (Å²) in [6.45, 7) is 4.15. The number of carbonyl (C=O) groups excluding carboxylic acids is 1. The van der Waals surface area contributed by atoms with Crippen LogP contribution >= 0.6 is 0 Å². The second-order valence-corrected chi connectivity index (χ2v) is 7.68. The summed E-state index contributed by atoms with van der Waals surface area (Å²) >= 11 is 0. The number of rotatable bonds is 9. The second kappa shape index (κ2) is 10.7. The lowest BCUT2D eigenvalue weighted by atomic mass is 9.97. The molecule has 1 aliphatic rings. The number of para-hydroxylation sites is 1. The molecule has 2 aromatic carbocycles. The van der Waals surface area contributed by atoms with Crippen LogP contribution in [0.5, 0.6) is 5.75 Å². The number of nitrogens with zero attached hydrogens (tertiary/aromatic N) is 4. The number of aromatic nitrogens is 4. The van der Waals surface area contributed by atoms with E-state index in [1.807, 2.05) is 42.5 Å². The van der Waals surface area contributed by atoms with Gasteiger partial charge in [0.05, 0.1) is 24.3 Å². The van der Waals surface area contributed by atoms with Crippen molar-refractivity contribution < 1.29 is 14.3 Å². The zero-order valence-electron chi connectivity index (χ0n) is 17.4. The van der Waals surface area contributed by atoms with E-state index in [1.54, 1.807) is 12.1 Å². The van der Waals surface area contributed by atoms with Gasteiger partial charge in [-0.05, 0) is 67.7 Å². The third-order valence-electron chi connectivity index (χ3n) is 5.52. The third kappa shape index (κ3) is 5.88. The Hall–Kier alpha value is -3.26. The van der Waals surface area contributed by atoms with E-state index in [2.05, 4.69) is 25.5 Å². The Morgan fingerprint density at radius 2 is 1.84 bits per heavy atom. The largest absolute Gasteiger partial charge is 0.493 e. The number of hydrogen-bond donors (Lipinski definition) is 1. The number of piperidine rings is 1. The first-order valence-electron chi connectivity index (χ1n) is 10.7. The molecule has 0 saturated carbocycles. The summed E-state index contributed by atoms with van der Waals surface area (Å²) in [5, 5.41) is 14.2. The Kier molecular flexibility index (Phi) is 7.23. The summed E-state index contributed by atoms with van der Waals surface area (Å²) in [4.78, 5) is 14.5. The topological polar surface area (TPSA) is 93.2 Å². The minimum absolute atomic E-state index is 0.235. The molecular weight excluding hydrogens is 394 g/mol. The SMILES string of the molecule is O=C(OCC1CCN(CCCOc2ccccc2-c2nn[nH]n2)CC1)c1ccccc1. The van der Waals surface area contributed by atoms with Crippen LogP contribution < -0.4 is 4.74 Å².